The highest BCUT2D eigenvalue weighted by Gasteiger charge is 2.31. The number of nitrogens with zero attached hydrogens (tertiary/aromatic N) is 1. The number of rotatable bonds is 4. The summed E-state index contributed by atoms with van der Waals surface area (Å²) < 4.78 is 13.8. The van der Waals surface area contributed by atoms with Gasteiger partial charge in [-0.2, -0.15) is 0 Å². The molecule has 1 heterocycles. The smallest absolute Gasteiger partial charge is 0.223 e. The molecule has 1 atom stereocenters. The lowest BCUT2D eigenvalue weighted by Gasteiger charge is -2.12. The third kappa shape index (κ3) is 2.97. The third-order valence-electron chi connectivity index (χ3n) is 3.64. The van der Waals surface area contributed by atoms with E-state index in [0.29, 0.717) is 10.6 Å². The van der Waals surface area contributed by atoms with Crippen molar-refractivity contribution in [2.24, 2.45) is 5.92 Å². The van der Waals surface area contributed by atoms with Crippen LogP contribution in [0.2, 0.25) is 0 Å². The minimum Gasteiger partial charge on any atom is -0.348 e. The molecular formula is C16H17FN2OS. The second-order valence-corrected chi connectivity index (χ2v) is 6.48. The number of thiazole rings is 1. The molecular weight excluding hydrogens is 287 g/mol. The minimum atomic E-state index is -0.271. The summed E-state index contributed by atoms with van der Waals surface area (Å²) in [6.45, 7) is 3.85. The Morgan fingerprint density at radius 3 is 2.81 bits per heavy atom. The highest BCUT2D eigenvalue weighted by Crippen LogP contribution is 2.34. The predicted octanol–water partition coefficient (Wildman–Crippen LogP) is 3.84. The first-order valence-corrected chi connectivity index (χ1v) is 7.90. The van der Waals surface area contributed by atoms with E-state index in [4.69, 9.17) is 0 Å². The van der Waals surface area contributed by atoms with Gasteiger partial charge in [-0.05, 0) is 38.8 Å². The summed E-state index contributed by atoms with van der Waals surface area (Å²) >= 11 is 1.44. The Hall–Kier alpha value is -1.75. The molecule has 0 aliphatic heterocycles. The number of carbonyl (C=O) groups is 1. The second kappa shape index (κ2) is 5.56. The van der Waals surface area contributed by atoms with Crippen LogP contribution in [-0.4, -0.2) is 10.9 Å². The summed E-state index contributed by atoms with van der Waals surface area (Å²) in [5.41, 5.74) is 1.36. The monoisotopic (exact) mass is 304 g/mol. The standard InChI is InChI=1S/C16H17FN2OS/c1-9(18-15(20)11-7-8-11)14-10(2)19-16(21-14)12-5-3-4-6-13(12)17/h3-6,9,11H,7-8H2,1-2H3,(H,18,20)/t9-/m0/s1. The molecule has 1 N–H and O–H groups in total. The second-order valence-electron chi connectivity index (χ2n) is 5.45. The van der Waals surface area contributed by atoms with Gasteiger partial charge in [0, 0.05) is 11.5 Å². The number of aromatic nitrogens is 1. The number of hydrogen-bond acceptors (Lipinski definition) is 3. The van der Waals surface area contributed by atoms with Gasteiger partial charge in [-0.1, -0.05) is 12.1 Å². The topological polar surface area (TPSA) is 42.0 Å². The van der Waals surface area contributed by atoms with Crippen molar-refractivity contribution in [1.29, 1.82) is 0 Å². The minimum absolute atomic E-state index is 0.0869. The van der Waals surface area contributed by atoms with Crippen LogP contribution in [0.4, 0.5) is 4.39 Å². The van der Waals surface area contributed by atoms with Crippen molar-refractivity contribution in [3.63, 3.8) is 0 Å². The summed E-state index contributed by atoms with van der Waals surface area (Å²) in [5.74, 6) is 0.0296. The Balaban J connectivity index is 1.84. The van der Waals surface area contributed by atoms with Crippen LogP contribution in [0.25, 0.3) is 10.6 Å². The number of hydrogen-bond donors (Lipinski definition) is 1. The molecule has 21 heavy (non-hydrogen) atoms. The lowest BCUT2D eigenvalue weighted by Crippen LogP contribution is -2.27. The zero-order valence-electron chi connectivity index (χ0n) is 12.0. The van der Waals surface area contributed by atoms with Crippen LogP contribution < -0.4 is 5.32 Å². The van der Waals surface area contributed by atoms with Crippen LogP contribution >= 0.6 is 11.3 Å². The fraction of sp³-hybridized carbons (Fsp3) is 0.375. The molecule has 0 bridgehead atoms. The summed E-state index contributed by atoms with van der Waals surface area (Å²) in [6, 6.07) is 6.54. The van der Waals surface area contributed by atoms with E-state index in [0.717, 1.165) is 23.4 Å². The van der Waals surface area contributed by atoms with Crippen LogP contribution in [0.5, 0.6) is 0 Å². The van der Waals surface area contributed by atoms with E-state index < -0.39 is 0 Å². The predicted molar refractivity (Wildman–Crippen MR) is 81.5 cm³/mol. The van der Waals surface area contributed by atoms with E-state index in [1.807, 2.05) is 13.8 Å². The van der Waals surface area contributed by atoms with Crippen molar-refractivity contribution in [1.82, 2.24) is 10.3 Å². The van der Waals surface area contributed by atoms with Gasteiger partial charge in [-0.3, -0.25) is 4.79 Å². The number of aryl methyl sites for hydroxylation is 1. The van der Waals surface area contributed by atoms with Crippen LogP contribution in [0.1, 0.15) is 36.4 Å². The zero-order valence-corrected chi connectivity index (χ0v) is 12.8. The average Bonchev–Trinajstić information content (AvgIpc) is 3.22. The molecule has 0 unspecified atom stereocenters. The molecule has 0 saturated heterocycles. The SMILES string of the molecule is Cc1nc(-c2ccccc2F)sc1[C@H](C)NC(=O)C1CC1. The molecule has 5 heteroatoms. The van der Waals surface area contributed by atoms with Gasteiger partial charge in [-0.25, -0.2) is 9.37 Å². The molecule has 1 fully saturated rings. The summed E-state index contributed by atoms with van der Waals surface area (Å²) in [6.07, 6.45) is 1.97. The molecule has 2 aromatic rings. The Bertz CT molecular complexity index is 679. The van der Waals surface area contributed by atoms with E-state index in [1.54, 1.807) is 18.2 Å². The van der Waals surface area contributed by atoms with Crippen molar-refractivity contribution in [2.45, 2.75) is 32.7 Å². The maximum atomic E-state index is 13.8. The van der Waals surface area contributed by atoms with Crippen LogP contribution in [0.3, 0.4) is 0 Å². The van der Waals surface area contributed by atoms with Crippen LogP contribution in [0.15, 0.2) is 24.3 Å². The van der Waals surface area contributed by atoms with Crippen LogP contribution in [-0.2, 0) is 4.79 Å². The van der Waals surface area contributed by atoms with Gasteiger partial charge in [0.2, 0.25) is 5.91 Å². The molecule has 3 nitrogen and oxygen atoms in total. The molecule has 1 aliphatic rings. The van der Waals surface area contributed by atoms with Gasteiger partial charge in [0.1, 0.15) is 10.8 Å². The van der Waals surface area contributed by atoms with Gasteiger partial charge in [0.25, 0.3) is 0 Å². The number of nitrogens with one attached hydrogen (secondary N) is 1. The Kier molecular flexibility index (Phi) is 3.76. The third-order valence-corrected chi connectivity index (χ3v) is 5.01. The highest BCUT2D eigenvalue weighted by atomic mass is 32.1. The number of amides is 1. The maximum Gasteiger partial charge on any atom is 0.223 e. The highest BCUT2D eigenvalue weighted by molar-refractivity contribution is 7.15. The fourth-order valence-electron chi connectivity index (χ4n) is 2.30. The van der Waals surface area contributed by atoms with Crippen LogP contribution in [0, 0.1) is 18.7 Å². The normalized spacial score (nSPS) is 15.8. The van der Waals surface area contributed by atoms with Gasteiger partial charge in [0.15, 0.2) is 0 Å². The first kappa shape index (κ1) is 14.2. The van der Waals surface area contributed by atoms with E-state index >= 15 is 0 Å². The molecule has 1 aromatic heterocycles. The Morgan fingerprint density at radius 1 is 1.43 bits per heavy atom. The summed E-state index contributed by atoms with van der Waals surface area (Å²) in [5, 5.41) is 3.68. The van der Waals surface area contributed by atoms with Gasteiger partial charge < -0.3 is 5.32 Å². The first-order chi connectivity index (χ1) is 10.1. The number of halogens is 1. The fourth-order valence-corrected chi connectivity index (χ4v) is 3.40. The van der Waals surface area contributed by atoms with Gasteiger partial charge >= 0.3 is 0 Å². The summed E-state index contributed by atoms with van der Waals surface area (Å²) in [7, 11) is 0. The van der Waals surface area contributed by atoms with Gasteiger partial charge in [-0.15, -0.1) is 11.3 Å². The molecule has 0 radical (unpaired) electrons. The van der Waals surface area contributed by atoms with E-state index in [-0.39, 0.29) is 23.7 Å². The van der Waals surface area contributed by atoms with E-state index in [9.17, 15) is 9.18 Å². The number of benzene rings is 1. The Morgan fingerprint density at radius 2 is 2.14 bits per heavy atom. The average molecular weight is 304 g/mol. The molecule has 1 saturated carbocycles. The lowest BCUT2D eigenvalue weighted by molar-refractivity contribution is -0.122. The van der Waals surface area contributed by atoms with Crippen molar-refractivity contribution >= 4 is 17.2 Å². The molecule has 1 amide bonds. The molecule has 0 spiro atoms. The molecule has 110 valence electrons. The van der Waals surface area contributed by atoms with Crippen molar-refractivity contribution in [3.05, 3.63) is 40.7 Å². The molecule has 1 aliphatic carbocycles. The lowest BCUT2D eigenvalue weighted by atomic mass is 10.2. The zero-order chi connectivity index (χ0) is 15.0. The first-order valence-electron chi connectivity index (χ1n) is 7.09. The number of carbonyl (C=O) groups excluding carboxylic acids is 1. The maximum absolute atomic E-state index is 13.8. The molecule has 3 rings (SSSR count). The van der Waals surface area contributed by atoms with Crippen molar-refractivity contribution < 1.29 is 9.18 Å². The summed E-state index contributed by atoms with van der Waals surface area (Å²) in [4.78, 5) is 17.3. The van der Waals surface area contributed by atoms with E-state index in [2.05, 4.69) is 10.3 Å². The van der Waals surface area contributed by atoms with Crippen molar-refractivity contribution in [3.8, 4) is 10.6 Å². The van der Waals surface area contributed by atoms with Gasteiger partial charge in [0.05, 0.1) is 16.6 Å². The van der Waals surface area contributed by atoms with E-state index in [1.165, 1.54) is 17.4 Å². The Labute approximate surface area is 127 Å². The largest absolute Gasteiger partial charge is 0.348 e. The van der Waals surface area contributed by atoms with Crippen molar-refractivity contribution in [2.75, 3.05) is 0 Å². The molecule has 1 aromatic carbocycles. The quantitative estimate of drug-likeness (QED) is 0.932.